The van der Waals surface area contributed by atoms with Crippen LogP contribution in [0.3, 0.4) is 0 Å². The number of H-pyrrole nitrogens is 2. The lowest BCUT2D eigenvalue weighted by atomic mass is 9.87. The molecular formula is C29H26N8S. The van der Waals surface area contributed by atoms with Gasteiger partial charge in [-0.3, -0.25) is 15.1 Å². The second-order valence-corrected chi connectivity index (χ2v) is 10.7. The number of thiophene rings is 1. The number of anilines is 1. The Morgan fingerprint density at radius 2 is 1.84 bits per heavy atom. The van der Waals surface area contributed by atoms with Gasteiger partial charge in [-0.2, -0.15) is 5.10 Å². The van der Waals surface area contributed by atoms with Crippen LogP contribution in [-0.4, -0.2) is 35.1 Å². The summed E-state index contributed by atoms with van der Waals surface area (Å²) in [6.07, 6.45) is 13.6. The minimum atomic E-state index is 0.523. The van der Waals surface area contributed by atoms with Crippen LogP contribution in [0.5, 0.6) is 0 Å². The molecule has 8 nitrogen and oxygen atoms in total. The summed E-state index contributed by atoms with van der Waals surface area (Å²) in [5.74, 6) is 1.17. The summed E-state index contributed by atoms with van der Waals surface area (Å²) >= 11 is 1.67. The van der Waals surface area contributed by atoms with Gasteiger partial charge >= 0.3 is 0 Å². The molecule has 7 rings (SSSR count). The highest BCUT2D eigenvalue weighted by Gasteiger charge is 2.19. The molecule has 188 valence electrons. The van der Waals surface area contributed by atoms with Crippen molar-refractivity contribution in [3.8, 4) is 33.2 Å². The van der Waals surface area contributed by atoms with Crippen LogP contribution in [0.25, 0.3) is 55.3 Å². The molecule has 38 heavy (non-hydrogen) atoms. The molecule has 0 bridgehead atoms. The first-order valence-electron chi connectivity index (χ1n) is 12.9. The van der Waals surface area contributed by atoms with Crippen LogP contribution >= 0.6 is 11.3 Å². The zero-order valence-corrected chi connectivity index (χ0v) is 21.6. The van der Waals surface area contributed by atoms with E-state index in [0.29, 0.717) is 17.4 Å². The standard InChI is InChI=1S/C29H26N8S/c1-17(18-6-3-2-4-7-18)32-20-12-19(13-30-14-20)22-9-10-23-27(33-22)28(37-36-23)29-34-24-16-31-15-21(26(24)35-29)25-8-5-11-38-25/h5,8-16,18,32H,1-4,6-7H2,(H,34,35)(H,36,37). The summed E-state index contributed by atoms with van der Waals surface area (Å²) in [6, 6.07) is 10.2. The first-order valence-corrected chi connectivity index (χ1v) is 13.8. The molecule has 0 amide bonds. The number of imidazole rings is 1. The Kier molecular flexibility index (Phi) is 5.70. The molecule has 1 saturated carbocycles. The minimum Gasteiger partial charge on any atom is -0.358 e. The maximum Gasteiger partial charge on any atom is 0.161 e. The summed E-state index contributed by atoms with van der Waals surface area (Å²) in [7, 11) is 0. The van der Waals surface area contributed by atoms with Crippen molar-refractivity contribution < 1.29 is 0 Å². The van der Waals surface area contributed by atoms with E-state index in [1.165, 1.54) is 32.1 Å². The quantitative estimate of drug-likeness (QED) is 0.215. The lowest BCUT2D eigenvalue weighted by Crippen LogP contribution is -2.14. The number of hydrogen-bond acceptors (Lipinski definition) is 7. The van der Waals surface area contributed by atoms with Crippen molar-refractivity contribution in [2.75, 3.05) is 5.32 Å². The van der Waals surface area contributed by atoms with Crippen molar-refractivity contribution in [2.24, 2.45) is 5.92 Å². The van der Waals surface area contributed by atoms with Gasteiger partial charge in [-0.15, -0.1) is 11.3 Å². The summed E-state index contributed by atoms with van der Waals surface area (Å²) in [5, 5.41) is 13.2. The number of aromatic nitrogens is 7. The van der Waals surface area contributed by atoms with Crippen LogP contribution in [0.2, 0.25) is 0 Å². The van der Waals surface area contributed by atoms with Crippen LogP contribution in [0.15, 0.2) is 72.8 Å². The molecular weight excluding hydrogens is 492 g/mol. The molecule has 1 fully saturated rings. The molecule has 9 heteroatoms. The third-order valence-electron chi connectivity index (χ3n) is 7.25. The maximum absolute atomic E-state index is 4.98. The van der Waals surface area contributed by atoms with Crippen LogP contribution in [0, 0.1) is 5.92 Å². The smallest absolute Gasteiger partial charge is 0.161 e. The lowest BCUT2D eigenvalue weighted by molar-refractivity contribution is 0.405. The van der Waals surface area contributed by atoms with E-state index < -0.39 is 0 Å². The molecule has 6 aromatic heterocycles. The van der Waals surface area contributed by atoms with Crippen molar-refractivity contribution in [1.29, 1.82) is 0 Å². The molecule has 0 aromatic carbocycles. The predicted octanol–water partition coefficient (Wildman–Crippen LogP) is 7.19. The van der Waals surface area contributed by atoms with E-state index in [-0.39, 0.29) is 0 Å². The Morgan fingerprint density at radius 3 is 2.71 bits per heavy atom. The van der Waals surface area contributed by atoms with Gasteiger partial charge in [0, 0.05) is 34.1 Å². The van der Waals surface area contributed by atoms with Gasteiger partial charge in [0.15, 0.2) is 11.5 Å². The van der Waals surface area contributed by atoms with E-state index in [1.54, 1.807) is 17.5 Å². The van der Waals surface area contributed by atoms with Gasteiger partial charge in [0.2, 0.25) is 0 Å². The van der Waals surface area contributed by atoms with Crippen LogP contribution < -0.4 is 5.32 Å². The third-order valence-corrected chi connectivity index (χ3v) is 8.15. The van der Waals surface area contributed by atoms with Crippen molar-refractivity contribution in [2.45, 2.75) is 32.1 Å². The van der Waals surface area contributed by atoms with E-state index in [1.807, 2.05) is 36.8 Å². The third kappa shape index (κ3) is 4.14. The minimum absolute atomic E-state index is 0.523. The number of nitrogens with zero attached hydrogens (tertiary/aromatic N) is 5. The number of rotatable bonds is 6. The van der Waals surface area contributed by atoms with Crippen LogP contribution in [0.4, 0.5) is 5.69 Å². The van der Waals surface area contributed by atoms with E-state index in [0.717, 1.165) is 55.1 Å². The van der Waals surface area contributed by atoms with Crippen molar-refractivity contribution in [3.05, 3.63) is 72.8 Å². The van der Waals surface area contributed by atoms with Crippen LogP contribution in [0.1, 0.15) is 32.1 Å². The molecule has 0 aliphatic heterocycles. The van der Waals surface area contributed by atoms with E-state index in [4.69, 9.17) is 9.97 Å². The Labute approximate surface area is 223 Å². The van der Waals surface area contributed by atoms with Crippen LogP contribution in [-0.2, 0) is 0 Å². The molecule has 1 aliphatic carbocycles. The van der Waals surface area contributed by atoms with Gasteiger partial charge in [0.25, 0.3) is 0 Å². The first-order chi connectivity index (χ1) is 18.7. The first kappa shape index (κ1) is 22.8. The zero-order chi connectivity index (χ0) is 25.5. The Balaban J connectivity index is 1.23. The molecule has 3 N–H and O–H groups in total. The highest BCUT2D eigenvalue weighted by atomic mass is 32.1. The average molecular weight is 519 g/mol. The van der Waals surface area contributed by atoms with Gasteiger partial charge in [0.05, 0.1) is 34.8 Å². The number of nitrogens with one attached hydrogen (secondary N) is 3. The van der Waals surface area contributed by atoms with E-state index in [2.05, 4.69) is 54.6 Å². The van der Waals surface area contributed by atoms with Gasteiger partial charge in [-0.05, 0) is 48.4 Å². The average Bonchev–Trinajstić information content (AvgIpc) is 3.73. The van der Waals surface area contributed by atoms with E-state index in [9.17, 15) is 0 Å². The second kappa shape index (κ2) is 9.50. The molecule has 0 saturated heterocycles. The molecule has 6 aromatic rings. The fourth-order valence-corrected chi connectivity index (χ4v) is 6.01. The summed E-state index contributed by atoms with van der Waals surface area (Å²) in [6.45, 7) is 4.31. The number of allylic oxidation sites excluding steroid dienone is 1. The summed E-state index contributed by atoms with van der Waals surface area (Å²) in [5.41, 5.74) is 8.73. The van der Waals surface area contributed by atoms with Gasteiger partial charge in [0.1, 0.15) is 11.0 Å². The van der Waals surface area contributed by atoms with Gasteiger partial charge in [-0.1, -0.05) is 31.9 Å². The SMILES string of the molecule is C=C(Nc1cncc(-c2ccc3[nH]nc(-c4nc5c(-c6cccs6)cncc5[nH]4)c3n2)c1)C1CCCCC1. The maximum atomic E-state index is 4.98. The fourth-order valence-electron chi connectivity index (χ4n) is 5.27. The monoisotopic (exact) mass is 518 g/mol. The zero-order valence-electron chi connectivity index (χ0n) is 20.7. The van der Waals surface area contributed by atoms with Gasteiger partial charge in [-0.25, -0.2) is 9.97 Å². The molecule has 6 heterocycles. The highest BCUT2D eigenvalue weighted by Crippen LogP contribution is 2.34. The van der Waals surface area contributed by atoms with Gasteiger partial charge < -0.3 is 10.3 Å². The number of aromatic amines is 2. The van der Waals surface area contributed by atoms with E-state index >= 15 is 0 Å². The molecule has 1 aliphatic rings. The largest absolute Gasteiger partial charge is 0.358 e. The lowest BCUT2D eigenvalue weighted by Gasteiger charge is -2.24. The van der Waals surface area contributed by atoms with Crippen molar-refractivity contribution in [3.63, 3.8) is 0 Å². The summed E-state index contributed by atoms with van der Waals surface area (Å²) < 4.78 is 0. The molecule has 0 radical (unpaired) electrons. The number of pyridine rings is 3. The number of fused-ring (bicyclic) bond motifs is 2. The topological polar surface area (TPSA) is 108 Å². The second-order valence-electron chi connectivity index (χ2n) is 9.76. The van der Waals surface area contributed by atoms with Crippen molar-refractivity contribution >= 4 is 39.1 Å². The van der Waals surface area contributed by atoms with Crippen molar-refractivity contribution in [1.82, 2.24) is 35.1 Å². The molecule has 0 spiro atoms. The predicted molar refractivity (Wildman–Crippen MR) is 153 cm³/mol. The fraction of sp³-hybridized carbons (Fsp3) is 0.207. The molecule has 0 atom stereocenters. The number of hydrogen-bond donors (Lipinski definition) is 3. The normalized spacial score (nSPS) is 14.3. The Bertz CT molecular complexity index is 1760. The molecule has 0 unspecified atom stereocenters. The highest BCUT2D eigenvalue weighted by molar-refractivity contribution is 7.13. The Hall–Kier alpha value is -4.37. The summed E-state index contributed by atoms with van der Waals surface area (Å²) in [4.78, 5) is 23.3. The Morgan fingerprint density at radius 1 is 0.947 bits per heavy atom.